The Morgan fingerprint density at radius 2 is 1.69 bits per heavy atom. The Kier molecular flexibility index (Phi) is 4.76. The molecule has 3 rings (SSSR count). The van der Waals surface area contributed by atoms with Gasteiger partial charge in [-0.1, -0.05) is 36.4 Å². The largest absolute Gasteiger partial charge is 0.334 e. The molecular weight excluding hydrogens is 350 g/mol. The Morgan fingerprint density at radius 3 is 2.35 bits per heavy atom. The molecule has 0 aliphatic rings. The number of amides is 1. The molecule has 0 aliphatic heterocycles. The summed E-state index contributed by atoms with van der Waals surface area (Å²) in [6.45, 7) is 1.87. The highest BCUT2D eigenvalue weighted by molar-refractivity contribution is 7.89. The van der Waals surface area contributed by atoms with Gasteiger partial charge >= 0.3 is 0 Å². The van der Waals surface area contributed by atoms with Crippen LogP contribution in [0.2, 0.25) is 0 Å². The summed E-state index contributed by atoms with van der Waals surface area (Å²) in [5.41, 5.74) is 1.92. The van der Waals surface area contributed by atoms with Gasteiger partial charge in [0.2, 0.25) is 10.0 Å². The summed E-state index contributed by atoms with van der Waals surface area (Å²) in [7, 11) is -2.04. The van der Waals surface area contributed by atoms with Crippen LogP contribution in [0.4, 0.5) is 0 Å². The molecule has 0 saturated heterocycles. The number of para-hydroxylation sites is 1. The number of hydrogen-bond acceptors (Lipinski definition) is 4. The van der Waals surface area contributed by atoms with Gasteiger partial charge < -0.3 is 4.90 Å². The number of carbonyl (C=O) groups is 1. The zero-order chi connectivity index (χ0) is 18.9. The number of aromatic nitrogens is 1. The molecule has 0 aliphatic carbocycles. The van der Waals surface area contributed by atoms with E-state index in [-0.39, 0.29) is 16.8 Å². The van der Waals surface area contributed by atoms with Gasteiger partial charge in [-0.3, -0.25) is 4.79 Å². The summed E-state index contributed by atoms with van der Waals surface area (Å²) in [4.78, 5) is 18.8. The third-order valence-corrected chi connectivity index (χ3v) is 5.34. The van der Waals surface area contributed by atoms with Crippen molar-refractivity contribution in [1.82, 2.24) is 9.88 Å². The van der Waals surface area contributed by atoms with Crippen LogP contribution in [0.3, 0.4) is 0 Å². The number of primary sulfonamides is 1. The van der Waals surface area contributed by atoms with Gasteiger partial charge in [-0.25, -0.2) is 18.5 Å². The lowest BCUT2D eigenvalue weighted by Gasteiger charge is -2.25. The van der Waals surface area contributed by atoms with Gasteiger partial charge in [-0.15, -0.1) is 0 Å². The number of rotatable bonds is 4. The highest BCUT2D eigenvalue weighted by Crippen LogP contribution is 2.22. The summed E-state index contributed by atoms with van der Waals surface area (Å²) in [6, 6.07) is 17.1. The van der Waals surface area contributed by atoms with E-state index in [0.29, 0.717) is 5.69 Å². The molecular formula is C19H19N3O3S. The average molecular weight is 369 g/mol. The van der Waals surface area contributed by atoms with Gasteiger partial charge in [0.05, 0.1) is 16.5 Å². The molecule has 0 radical (unpaired) electrons. The first-order valence-electron chi connectivity index (χ1n) is 8.03. The monoisotopic (exact) mass is 369 g/mol. The molecule has 6 nitrogen and oxygen atoms in total. The maximum Gasteiger partial charge on any atom is 0.272 e. The number of hydrogen-bond donors (Lipinski definition) is 1. The van der Waals surface area contributed by atoms with Crippen LogP contribution in [-0.4, -0.2) is 31.3 Å². The Bertz CT molecular complexity index is 1060. The van der Waals surface area contributed by atoms with Gasteiger partial charge in [0.25, 0.3) is 5.91 Å². The van der Waals surface area contributed by atoms with Crippen molar-refractivity contribution in [3.8, 4) is 0 Å². The Balaban J connectivity index is 1.84. The predicted octanol–water partition coefficient (Wildman–Crippen LogP) is 2.72. The van der Waals surface area contributed by atoms with Gasteiger partial charge in [-0.05, 0) is 36.8 Å². The number of nitrogens with zero attached hydrogens (tertiary/aromatic N) is 2. The lowest BCUT2D eigenvalue weighted by molar-refractivity contribution is 0.0737. The number of sulfonamides is 1. The van der Waals surface area contributed by atoms with Gasteiger partial charge in [0, 0.05) is 12.4 Å². The molecule has 0 bridgehead atoms. The standard InChI is InChI=1S/C19H19N3O3S/c1-13(14-7-10-16(11-8-14)26(20,24)25)22(2)19(23)18-12-9-15-5-3-4-6-17(15)21-18/h3-13H,1-2H3,(H2,20,24,25)/t13-/m1/s1. The number of benzene rings is 2. The van der Waals surface area contributed by atoms with Crippen molar-refractivity contribution in [2.75, 3.05) is 7.05 Å². The normalized spacial score (nSPS) is 12.7. The van der Waals surface area contributed by atoms with Crippen molar-refractivity contribution >= 4 is 26.8 Å². The molecule has 1 atom stereocenters. The topological polar surface area (TPSA) is 93.4 Å². The maximum atomic E-state index is 12.8. The third-order valence-electron chi connectivity index (χ3n) is 4.41. The van der Waals surface area contributed by atoms with Crippen molar-refractivity contribution in [2.45, 2.75) is 17.9 Å². The van der Waals surface area contributed by atoms with E-state index in [1.54, 1.807) is 30.1 Å². The van der Waals surface area contributed by atoms with E-state index in [0.717, 1.165) is 16.5 Å². The molecule has 0 spiro atoms. The molecule has 3 aromatic rings. The summed E-state index contributed by atoms with van der Waals surface area (Å²) >= 11 is 0. The van der Waals surface area contributed by atoms with Crippen LogP contribution in [0.25, 0.3) is 10.9 Å². The minimum Gasteiger partial charge on any atom is -0.334 e. The molecule has 26 heavy (non-hydrogen) atoms. The molecule has 0 saturated carbocycles. The van der Waals surface area contributed by atoms with E-state index in [1.807, 2.05) is 37.3 Å². The van der Waals surface area contributed by atoms with Crippen molar-refractivity contribution in [2.24, 2.45) is 5.14 Å². The van der Waals surface area contributed by atoms with Crippen molar-refractivity contribution in [3.63, 3.8) is 0 Å². The van der Waals surface area contributed by atoms with Crippen LogP contribution in [0, 0.1) is 0 Å². The maximum absolute atomic E-state index is 12.8. The Labute approximate surface area is 152 Å². The zero-order valence-electron chi connectivity index (χ0n) is 14.5. The van der Waals surface area contributed by atoms with Crippen LogP contribution < -0.4 is 5.14 Å². The van der Waals surface area contributed by atoms with E-state index < -0.39 is 10.0 Å². The fourth-order valence-corrected chi connectivity index (χ4v) is 3.22. The smallest absolute Gasteiger partial charge is 0.272 e. The van der Waals surface area contributed by atoms with Crippen molar-refractivity contribution in [3.05, 3.63) is 71.9 Å². The first-order valence-corrected chi connectivity index (χ1v) is 9.58. The van der Waals surface area contributed by atoms with E-state index >= 15 is 0 Å². The van der Waals surface area contributed by atoms with Crippen molar-refractivity contribution in [1.29, 1.82) is 0 Å². The van der Waals surface area contributed by atoms with Crippen LogP contribution in [0.5, 0.6) is 0 Å². The minimum absolute atomic E-state index is 0.0404. The van der Waals surface area contributed by atoms with Gasteiger partial charge in [0.15, 0.2) is 0 Å². The van der Waals surface area contributed by atoms with Gasteiger partial charge in [0.1, 0.15) is 5.69 Å². The first kappa shape index (κ1) is 18.0. The van der Waals surface area contributed by atoms with Crippen molar-refractivity contribution < 1.29 is 13.2 Å². The van der Waals surface area contributed by atoms with E-state index in [2.05, 4.69) is 4.98 Å². The summed E-state index contributed by atoms with van der Waals surface area (Å²) in [6.07, 6.45) is 0. The minimum atomic E-state index is -3.74. The lowest BCUT2D eigenvalue weighted by atomic mass is 10.1. The van der Waals surface area contributed by atoms with Crippen LogP contribution >= 0.6 is 0 Å². The summed E-state index contributed by atoms with van der Waals surface area (Å²) < 4.78 is 22.7. The van der Waals surface area contributed by atoms with Crippen LogP contribution in [0.15, 0.2) is 65.6 Å². The first-order chi connectivity index (χ1) is 12.3. The molecule has 1 heterocycles. The number of nitrogens with two attached hydrogens (primary N) is 1. The van der Waals surface area contributed by atoms with Crippen LogP contribution in [-0.2, 0) is 10.0 Å². The molecule has 134 valence electrons. The fraction of sp³-hybridized carbons (Fsp3) is 0.158. The molecule has 1 aromatic heterocycles. The number of fused-ring (bicyclic) bond motifs is 1. The zero-order valence-corrected chi connectivity index (χ0v) is 15.3. The highest BCUT2D eigenvalue weighted by atomic mass is 32.2. The predicted molar refractivity (Wildman–Crippen MR) is 100 cm³/mol. The second-order valence-electron chi connectivity index (χ2n) is 6.10. The molecule has 0 fully saturated rings. The summed E-state index contributed by atoms with van der Waals surface area (Å²) in [5.74, 6) is -0.209. The number of pyridine rings is 1. The van der Waals surface area contributed by atoms with Gasteiger partial charge in [-0.2, -0.15) is 0 Å². The van der Waals surface area contributed by atoms with E-state index in [9.17, 15) is 13.2 Å². The third kappa shape index (κ3) is 3.58. The summed E-state index contributed by atoms with van der Waals surface area (Å²) in [5, 5.41) is 6.08. The highest BCUT2D eigenvalue weighted by Gasteiger charge is 2.20. The Hall–Kier alpha value is -2.77. The fourth-order valence-electron chi connectivity index (χ4n) is 2.70. The lowest BCUT2D eigenvalue weighted by Crippen LogP contribution is -2.30. The van der Waals surface area contributed by atoms with Crippen LogP contribution in [0.1, 0.15) is 29.0 Å². The molecule has 7 heteroatoms. The van der Waals surface area contributed by atoms with E-state index in [4.69, 9.17) is 5.14 Å². The molecule has 0 unspecified atom stereocenters. The Morgan fingerprint density at radius 1 is 1.04 bits per heavy atom. The number of carbonyl (C=O) groups excluding carboxylic acids is 1. The molecule has 1 amide bonds. The SMILES string of the molecule is C[C@H](c1ccc(S(N)(=O)=O)cc1)N(C)C(=O)c1ccc2ccccc2n1. The van der Waals surface area contributed by atoms with E-state index in [1.165, 1.54) is 12.1 Å². The second-order valence-corrected chi connectivity index (χ2v) is 7.66. The quantitative estimate of drug-likeness (QED) is 0.765. The average Bonchev–Trinajstić information content (AvgIpc) is 2.65. The molecule has 2 aromatic carbocycles. The molecule has 2 N–H and O–H groups in total. The second kappa shape index (κ2) is 6.86.